The predicted octanol–water partition coefficient (Wildman–Crippen LogP) is 2.77. The van der Waals surface area contributed by atoms with Crippen molar-refractivity contribution < 1.29 is 23.9 Å². The van der Waals surface area contributed by atoms with Gasteiger partial charge in [-0.15, -0.1) is 0 Å². The molecule has 8 nitrogen and oxygen atoms in total. The van der Waals surface area contributed by atoms with E-state index in [4.69, 9.17) is 26.3 Å². The van der Waals surface area contributed by atoms with E-state index in [0.29, 0.717) is 22.1 Å². The predicted molar refractivity (Wildman–Crippen MR) is 105 cm³/mol. The van der Waals surface area contributed by atoms with Crippen molar-refractivity contribution in [1.29, 1.82) is 5.26 Å². The zero-order valence-corrected chi connectivity index (χ0v) is 15.9. The average molecular weight is 414 g/mol. The van der Waals surface area contributed by atoms with E-state index in [1.165, 1.54) is 23.1 Å². The molecule has 1 N–H and O–H groups in total. The number of amides is 2. The highest BCUT2D eigenvalue weighted by Crippen LogP contribution is 2.28. The van der Waals surface area contributed by atoms with Crippen LogP contribution >= 0.6 is 11.6 Å². The Morgan fingerprint density at radius 1 is 1.28 bits per heavy atom. The molecule has 0 fully saturated rings. The first-order chi connectivity index (χ1) is 14.0. The number of ether oxygens (including phenoxy) is 2. The molecule has 29 heavy (non-hydrogen) atoms. The Hall–Kier alpha value is -3.57. The van der Waals surface area contributed by atoms with Crippen LogP contribution in [0.5, 0.6) is 5.75 Å². The van der Waals surface area contributed by atoms with E-state index < -0.39 is 18.5 Å². The summed E-state index contributed by atoms with van der Waals surface area (Å²) in [5.41, 5.74) is 1.14. The van der Waals surface area contributed by atoms with Gasteiger partial charge < -0.3 is 19.7 Å². The first kappa shape index (κ1) is 20.2. The normalized spacial score (nSPS) is 12.1. The summed E-state index contributed by atoms with van der Waals surface area (Å²) in [5.74, 6) is -1.14. The second kappa shape index (κ2) is 9.08. The van der Waals surface area contributed by atoms with Gasteiger partial charge >= 0.3 is 5.97 Å². The Bertz CT molecular complexity index is 1000. The van der Waals surface area contributed by atoms with Gasteiger partial charge in [-0.2, -0.15) is 5.26 Å². The number of hydrogen-bond donors (Lipinski definition) is 1. The molecule has 1 aliphatic rings. The fourth-order valence-corrected chi connectivity index (χ4v) is 2.88. The highest BCUT2D eigenvalue weighted by Gasteiger charge is 2.21. The highest BCUT2D eigenvalue weighted by molar-refractivity contribution is 6.30. The SMILES string of the molecule is N#CCCN(C(=O)COC(=O)c1ccc2c(c1)OCC(=O)N2)c1cccc(Cl)c1. The smallest absolute Gasteiger partial charge is 0.338 e. The van der Waals surface area contributed by atoms with Crippen LogP contribution in [0.25, 0.3) is 0 Å². The third-order valence-electron chi connectivity index (χ3n) is 4.05. The zero-order chi connectivity index (χ0) is 20.8. The maximum Gasteiger partial charge on any atom is 0.338 e. The molecule has 3 rings (SSSR count). The van der Waals surface area contributed by atoms with Gasteiger partial charge in [0.2, 0.25) is 0 Å². The summed E-state index contributed by atoms with van der Waals surface area (Å²) >= 11 is 5.98. The number of hydrogen-bond acceptors (Lipinski definition) is 6. The number of benzene rings is 2. The maximum absolute atomic E-state index is 12.6. The van der Waals surface area contributed by atoms with E-state index in [1.807, 2.05) is 6.07 Å². The second-order valence-electron chi connectivity index (χ2n) is 6.06. The number of nitrogens with zero attached hydrogens (tertiary/aromatic N) is 2. The third kappa shape index (κ3) is 5.03. The van der Waals surface area contributed by atoms with Crippen LogP contribution in [0, 0.1) is 11.3 Å². The van der Waals surface area contributed by atoms with Gasteiger partial charge in [0.15, 0.2) is 13.2 Å². The number of fused-ring (bicyclic) bond motifs is 1. The molecular formula is C20H16ClN3O5. The summed E-state index contributed by atoms with van der Waals surface area (Å²) in [6, 6.07) is 13.0. The lowest BCUT2D eigenvalue weighted by Crippen LogP contribution is -2.35. The van der Waals surface area contributed by atoms with E-state index in [9.17, 15) is 14.4 Å². The molecule has 0 aliphatic carbocycles. The van der Waals surface area contributed by atoms with Gasteiger partial charge in [0, 0.05) is 17.3 Å². The molecule has 0 saturated carbocycles. The molecule has 148 valence electrons. The number of anilines is 2. The van der Waals surface area contributed by atoms with E-state index in [0.717, 1.165) is 0 Å². The van der Waals surface area contributed by atoms with Crippen LogP contribution < -0.4 is 15.0 Å². The van der Waals surface area contributed by atoms with Crippen molar-refractivity contribution in [2.75, 3.05) is 30.0 Å². The Morgan fingerprint density at radius 3 is 2.86 bits per heavy atom. The molecule has 0 atom stereocenters. The van der Waals surface area contributed by atoms with Crippen LogP contribution in [0.1, 0.15) is 16.8 Å². The van der Waals surface area contributed by atoms with E-state index >= 15 is 0 Å². The molecular weight excluding hydrogens is 398 g/mol. The minimum Gasteiger partial charge on any atom is -0.482 e. The summed E-state index contributed by atoms with van der Waals surface area (Å²) < 4.78 is 10.4. The molecule has 2 aromatic carbocycles. The molecule has 0 saturated heterocycles. The first-order valence-electron chi connectivity index (χ1n) is 8.64. The monoisotopic (exact) mass is 413 g/mol. The van der Waals surface area contributed by atoms with Gasteiger partial charge in [0.1, 0.15) is 5.75 Å². The highest BCUT2D eigenvalue weighted by atomic mass is 35.5. The molecule has 0 radical (unpaired) electrons. The maximum atomic E-state index is 12.6. The Kier molecular flexibility index (Phi) is 6.32. The quantitative estimate of drug-likeness (QED) is 0.729. The number of nitriles is 1. The van der Waals surface area contributed by atoms with Gasteiger partial charge in [0.05, 0.1) is 23.7 Å². The van der Waals surface area contributed by atoms with E-state index in [-0.39, 0.29) is 31.0 Å². The van der Waals surface area contributed by atoms with Crippen molar-refractivity contribution in [3.05, 3.63) is 53.1 Å². The Morgan fingerprint density at radius 2 is 2.10 bits per heavy atom. The number of esters is 1. The van der Waals surface area contributed by atoms with Crippen LogP contribution in [0.4, 0.5) is 11.4 Å². The fraction of sp³-hybridized carbons (Fsp3) is 0.200. The summed E-state index contributed by atoms with van der Waals surface area (Å²) in [4.78, 5) is 37.5. The van der Waals surface area contributed by atoms with Crippen LogP contribution in [0.2, 0.25) is 5.02 Å². The zero-order valence-electron chi connectivity index (χ0n) is 15.2. The third-order valence-corrected chi connectivity index (χ3v) is 4.28. The van der Waals surface area contributed by atoms with Crippen LogP contribution in [0.3, 0.4) is 0 Å². The number of nitrogens with one attached hydrogen (secondary N) is 1. The number of rotatable bonds is 6. The molecule has 0 aromatic heterocycles. The summed E-state index contributed by atoms with van der Waals surface area (Å²) in [6.45, 7) is -0.511. The van der Waals surface area contributed by atoms with Gasteiger partial charge in [-0.05, 0) is 36.4 Å². The topological polar surface area (TPSA) is 109 Å². The molecule has 0 spiro atoms. The van der Waals surface area contributed by atoms with Crippen molar-refractivity contribution in [2.24, 2.45) is 0 Å². The van der Waals surface area contributed by atoms with Gasteiger partial charge in [-0.3, -0.25) is 9.59 Å². The second-order valence-corrected chi connectivity index (χ2v) is 6.49. The van der Waals surface area contributed by atoms with E-state index in [2.05, 4.69) is 5.32 Å². The van der Waals surface area contributed by atoms with Gasteiger partial charge in [-0.1, -0.05) is 17.7 Å². The Balaban J connectivity index is 1.67. The van der Waals surface area contributed by atoms with Crippen molar-refractivity contribution in [3.8, 4) is 11.8 Å². The van der Waals surface area contributed by atoms with Gasteiger partial charge in [-0.25, -0.2) is 4.79 Å². The number of halogens is 1. The van der Waals surface area contributed by atoms with Crippen LogP contribution in [0.15, 0.2) is 42.5 Å². The molecule has 1 heterocycles. The Labute approximate surface area is 171 Å². The minimum absolute atomic E-state index is 0.111. The fourth-order valence-electron chi connectivity index (χ4n) is 2.69. The standard InChI is InChI=1S/C20H16ClN3O5/c21-14-3-1-4-15(10-14)24(8-2-7-22)19(26)12-29-20(27)13-5-6-16-17(9-13)28-11-18(25)23-16/h1,3-6,9-10H,2,8,11-12H2,(H,23,25). The minimum atomic E-state index is -0.715. The van der Waals surface area contributed by atoms with Crippen molar-refractivity contribution >= 4 is 40.8 Å². The van der Waals surface area contributed by atoms with Crippen LogP contribution in [-0.4, -0.2) is 37.5 Å². The van der Waals surface area contributed by atoms with Crippen LogP contribution in [-0.2, 0) is 14.3 Å². The lowest BCUT2D eigenvalue weighted by atomic mass is 10.1. The van der Waals surface area contributed by atoms with Gasteiger partial charge in [0.25, 0.3) is 11.8 Å². The van der Waals surface area contributed by atoms with Crippen molar-refractivity contribution in [1.82, 2.24) is 0 Å². The lowest BCUT2D eigenvalue weighted by molar-refractivity contribution is -0.121. The summed E-state index contributed by atoms with van der Waals surface area (Å²) in [7, 11) is 0. The molecule has 2 aromatic rings. The van der Waals surface area contributed by atoms with Crippen molar-refractivity contribution in [3.63, 3.8) is 0 Å². The summed E-state index contributed by atoms with van der Waals surface area (Å²) in [6.07, 6.45) is 0.111. The molecule has 1 aliphatic heterocycles. The first-order valence-corrected chi connectivity index (χ1v) is 9.02. The van der Waals surface area contributed by atoms with Crippen molar-refractivity contribution in [2.45, 2.75) is 6.42 Å². The average Bonchev–Trinajstić information content (AvgIpc) is 2.72. The lowest BCUT2D eigenvalue weighted by Gasteiger charge is -2.22. The number of carbonyl (C=O) groups excluding carboxylic acids is 3. The number of carbonyl (C=O) groups is 3. The molecule has 0 bridgehead atoms. The summed E-state index contributed by atoms with van der Waals surface area (Å²) in [5, 5.41) is 11.9. The van der Waals surface area contributed by atoms with E-state index in [1.54, 1.807) is 24.3 Å². The molecule has 9 heteroatoms. The largest absolute Gasteiger partial charge is 0.482 e. The molecule has 2 amide bonds. The molecule has 0 unspecified atom stereocenters.